The summed E-state index contributed by atoms with van der Waals surface area (Å²) in [6, 6.07) is 21.1. The van der Waals surface area contributed by atoms with Gasteiger partial charge in [0.2, 0.25) is 0 Å². The highest BCUT2D eigenvalue weighted by Crippen LogP contribution is 2.18. The summed E-state index contributed by atoms with van der Waals surface area (Å²) >= 11 is 0. The molecule has 0 saturated carbocycles. The van der Waals surface area contributed by atoms with Crippen LogP contribution in [0.2, 0.25) is 0 Å². The number of nitrogens with zero attached hydrogens (tertiary/aromatic N) is 1. The normalized spacial score (nSPS) is 11.4. The van der Waals surface area contributed by atoms with E-state index in [-0.39, 0.29) is 5.91 Å². The van der Waals surface area contributed by atoms with E-state index in [1.807, 2.05) is 74.5 Å². The van der Waals surface area contributed by atoms with E-state index in [1.165, 1.54) is 0 Å². The maximum absolute atomic E-state index is 12.5. The predicted molar refractivity (Wildman–Crippen MR) is 101 cm³/mol. The van der Waals surface area contributed by atoms with Gasteiger partial charge in [0.05, 0.1) is 12.3 Å². The number of fused-ring (bicyclic) bond motifs is 1. The Morgan fingerprint density at radius 3 is 2.48 bits per heavy atom. The van der Waals surface area contributed by atoms with Gasteiger partial charge in [0.15, 0.2) is 0 Å². The van der Waals surface area contributed by atoms with E-state index in [2.05, 4.69) is 10.5 Å². The summed E-state index contributed by atoms with van der Waals surface area (Å²) in [7, 11) is 0. The van der Waals surface area contributed by atoms with Crippen LogP contribution in [0.1, 0.15) is 29.8 Å². The molecule has 126 valence electrons. The van der Waals surface area contributed by atoms with Crippen molar-refractivity contribution in [2.45, 2.75) is 13.8 Å². The first kappa shape index (κ1) is 16.7. The number of amides is 1. The number of hydrogen-bond acceptors (Lipinski definition) is 3. The molecule has 3 rings (SSSR count). The summed E-state index contributed by atoms with van der Waals surface area (Å²) in [5.74, 6) is 0.598. The first-order valence-corrected chi connectivity index (χ1v) is 8.24. The minimum Gasteiger partial charge on any atom is -0.494 e. The molecule has 3 aromatic rings. The van der Waals surface area contributed by atoms with Gasteiger partial charge in [-0.3, -0.25) is 4.79 Å². The molecular weight excluding hydrogens is 312 g/mol. The number of benzene rings is 3. The average Bonchev–Trinajstić information content (AvgIpc) is 2.66. The van der Waals surface area contributed by atoms with Gasteiger partial charge in [0.1, 0.15) is 5.75 Å². The number of carbonyl (C=O) groups is 1. The zero-order chi connectivity index (χ0) is 17.6. The van der Waals surface area contributed by atoms with Crippen LogP contribution in [0.15, 0.2) is 71.8 Å². The predicted octanol–water partition coefficient (Wildman–Crippen LogP) is 4.39. The molecule has 25 heavy (non-hydrogen) atoms. The summed E-state index contributed by atoms with van der Waals surface area (Å²) in [6.45, 7) is 4.44. The zero-order valence-corrected chi connectivity index (χ0v) is 14.3. The largest absolute Gasteiger partial charge is 0.494 e. The quantitative estimate of drug-likeness (QED) is 0.556. The fourth-order valence-corrected chi connectivity index (χ4v) is 2.64. The molecule has 0 radical (unpaired) electrons. The van der Waals surface area contributed by atoms with E-state index in [4.69, 9.17) is 4.74 Å². The topological polar surface area (TPSA) is 50.7 Å². The molecule has 0 heterocycles. The Balaban J connectivity index is 1.77. The minimum atomic E-state index is -0.220. The first-order chi connectivity index (χ1) is 12.2. The van der Waals surface area contributed by atoms with Crippen molar-refractivity contribution >= 4 is 22.4 Å². The van der Waals surface area contributed by atoms with Crippen LogP contribution in [0.25, 0.3) is 10.8 Å². The SMILES string of the molecule is CCOc1ccc(/C(C)=N/NC(=O)c2cccc3ccccc23)cc1. The average molecular weight is 332 g/mol. The van der Waals surface area contributed by atoms with Gasteiger partial charge < -0.3 is 4.74 Å². The lowest BCUT2D eigenvalue weighted by Crippen LogP contribution is -2.19. The lowest BCUT2D eigenvalue weighted by molar-refractivity contribution is 0.0956. The van der Waals surface area contributed by atoms with Crippen LogP contribution < -0.4 is 10.2 Å². The first-order valence-electron chi connectivity index (χ1n) is 8.24. The Hall–Kier alpha value is -3.14. The van der Waals surface area contributed by atoms with Crippen molar-refractivity contribution in [3.63, 3.8) is 0 Å². The molecule has 1 N–H and O–H groups in total. The molecule has 0 saturated heterocycles. The second-order valence-corrected chi connectivity index (χ2v) is 5.62. The molecule has 0 aliphatic carbocycles. The molecule has 0 bridgehead atoms. The van der Waals surface area contributed by atoms with E-state index < -0.39 is 0 Å². The molecule has 4 heteroatoms. The molecule has 1 amide bonds. The van der Waals surface area contributed by atoms with Crippen molar-refractivity contribution in [3.8, 4) is 5.75 Å². The number of carbonyl (C=O) groups excluding carboxylic acids is 1. The van der Waals surface area contributed by atoms with Crippen molar-refractivity contribution in [1.29, 1.82) is 0 Å². The summed E-state index contributed by atoms with van der Waals surface area (Å²) < 4.78 is 5.43. The van der Waals surface area contributed by atoms with Gasteiger partial charge in [-0.15, -0.1) is 0 Å². The maximum Gasteiger partial charge on any atom is 0.272 e. The Morgan fingerprint density at radius 2 is 1.72 bits per heavy atom. The molecule has 0 unspecified atom stereocenters. The van der Waals surface area contributed by atoms with Crippen molar-refractivity contribution in [2.75, 3.05) is 6.61 Å². The molecule has 0 aliphatic heterocycles. The van der Waals surface area contributed by atoms with Crippen molar-refractivity contribution in [2.24, 2.45) is 5.10 Å². The zero-order valence-electron chi connectivity index (χ0n) is 14.3. The second kappa shape index (κ2) is 7.62. The number of rotatable bonds is 5. The molecule has 3 aromatic carbocycles. The third-order valence-corrected chi connectivity index (χ3v) is 3.94. The van der Waals surface area contributed by atoms with E-state index in [9.17, 15) is 4.79 Å². The van der Waals surface area contributed by atoms with Gasteiger partial charge in [-0.1, -0.05) is 36.4 Å². The lowest BCUT2D eigenvalue weighted by atomic mass is 10.0. The Bertz CT molecular complexity index is 909. The molecule has 0 aliphatic rings. The highest BCUT2D eigenvalue weighted by Gasteiger charge is 2.09. The fourth-order valence-electron chi connectivity index (χ4n) is 2.64. The molecule has 4 nitrogen and oxygen atoms in total. The van der Waals surface area contributed by atoms with Gasteiger partial charge in [-0.25, -0.2) is 5.43 Å². The number of ether oxygens (including phenoxy) is 1. The van der Waals surface area contributed by atoms with Crippen molar-refractivity contribution in [3.05, 3.63) is 77.9 Å². The number of nitrogens with one attached hydrogen (secondary N) is 1. The van der Waals surface area contributed by atoms with Gasteiger partial charge in [-0.2, -0.15) is 5.10 Å². The summed E-state index contributed by atoms with van der Waals surface area (Å²) in [6.07, 6.45) is 0. The molecule has 0 aromatic heterocycles. The molecule has 0 atom stereocenters. The lowest BCUT2D eigenvalue weighted by Gasteiger charge is -2.07. The van der Waals surface area contributed by atoms with E-state index in [0.29, 0.717) is 12.2 Å². The van der Waals surface area contributed by atoms with Gasteiger partial charge in [0, 0.05) is 5.56 Å². The molecular formula is C21H20N2O2. The van der Waals surface area contributed by atoms with Crippen molar-refractivity contribution in [1.82, 2.24) is 5.43 Å². The van der Waals surface area contributed by atoms with Crippen LogP contribution in [0.5, 0.6) is 5.75 Å². The monoisotopic (exact) mass is 332 g/mol. The molecule has 0 fully saturated rings. The number of hydrogen-bond donors (Lipinski definition) is 1. The summed E-state index contributed by atoms with van der Waals surface area (Å²) in [4.78, 5) is 12.5. The molecule has 0 spiro atoms. The highest BCUT2D eigenvalue weighted by molar-refractivity contribution is 6.07. The Labute approximate surface area is 147 Å². The van der Waals surface area contributed by atoms with Crippen LogP contribution in [-0.2, 0) is 0 Å². The Kier molecular flexibility index (Phi) is 5.09. The third-order valence-electron chi connectivity index (χ3n) is 3.94. The van der Waals surface area contributed by atoms with E-state index >= 15 is 0 Å². The second-order valence-electron chi connectivity index (χ2n) is 5.62. The van der Waals surface area contributed by atoms with Gasteiger partial charge in [-0.05, 0) is 60.5 Å². The maximum atomic E-state index is 12.5. The highest BCUT2D eigenvalue weighted by atomic mass is 16.5. The summed E-state index contributed by atoms with van der Waals surface area (Å²) in [5, 5.41) is 6.17. The van der Waals surface area contributed by atoms with Gasteiger partial charge in [0.25, 0.3) is 5.91 Å². The van der Waals surface area contributed by atoms with Crippen LogP contribution >= 0.6 is 0 Å². The van der Waals surface area contributed by atoms with E-state index in [0.717, 1.165) is 27.8 Å². The van der Waals surface area contributed by atoms with Crippen LogP contribution in [0.3, 0.4) is 0 Å². The third kappa shape index (κ3) is 3.86. The standard InChI is InChI=1S/C21H20N2O2/c1-3-25-18-13-11-16(12-14-18)15(2)22-23-21(24)20-10-6-8-17-7-4-5-9-19(17)20/h4-14H,3H2,1-2H3,(H,23,24)/b22-15+. The smallest absolute Gasteiger partial charge is 0.272 e. The fraction of sp³-hybridized carbons (Fsp3) is 0.143. The van der Waals surface area contributed by atoms with E-state index in [1.54, 1.807) is 6.07 Å². The van der Waals surface area contributed by atoms with Crippen LogP contribution in [-0.4, -0.2) is 18.2 Å². The minimum absolute atomic E-state index is 0.220. The van der Waals surface area contributed by atoms with Crippen LogP contribution in [0, 0.1) is 0 Å². The summed E-state index contributed by atoms with van der Waals surface area (Å²) in [5.41, 5.74) is 4.92. The van der Waals surface area contributed by atoms with Crippen molar-refractivity contribution < 1.29 is 9.53 Å². The van der Waals surface area contributed by atoms with Gasteiger partial charge >= 0.3 is 0 Å². The van der Waals surface area contributed by atoms with Crippen LogP contribution in [0.4, 0.5) is 0 Å². The Morgan fingerprint density at radius 1 is 1.00 bits per heavy atom. The number of hydrazone groups is 1.